The summed E-state index contributed by atoms with van der Waals surface area (Å²) < 4.78 is 4.56. The zero-order chi connectivity index (χ0) is 12.1. The fraction of sp³-hybridized carbons (Fsp3) is 0.214. The van der Waals surface area contributed by atoms with Gasteiger partial charge < -0.3 is 4.74 Å². The van der Waals surface area contributed by atoms with Crippen LogP contribution in [-0.4, -0.2) is 12.6 Å². The van der Waals surface area contributed by atoms with Gasteiger partial charge in [0.05, 0.1) is 0 Å². The largest absolute Gasteiger partial charge is 0.453 e. The van der Waals surface area contributed by atoms with E-state index in [0.29, 0.717) is 0 Å². The Morgan fingerprint density at radius 3 is 1.94 bits per heavy atom. The van der Waals surface area contributed by atoms with Crippen LogP contribution in [0.3, 0.4) is 0 Å². The molecule has 0 unspecified atom stereocenters. The van der Waals surface area contributed by atoms with E-state index in [1.807, 2.05) is 0 Å². The van der Waals surface area contributed by atoms with Crippen LogP contribution in [-0.2, 0) is 9.53 Å². The maximum absolute atomic E-state index is 10.3. The molecule has 0 aliphatic rings. The highest BCUT2D eigenvalue weighted by Gasteiger charge is 1.84. The van der Waals surface area contributed by atoms with Crippen molar-refractivity contribution in [1.29, 1.82) is 0 Å². The highest BCUT2D eigenvalue weighted by Crippen LogP contribution is 1.71. The first-order valence-electron chi connectivity index (χ1n) is 4.30. The van der Waals surface area contributed by atoms with Crippen LogP contribution in [0.1, 0.15) is 13.8 Å². The number of hydrogen-bond donors (Lipinski definition) is 0. The van der Waals surface area contributed by atoms with E-state index in [4.69, 9.17) is 0 Å². The number of carbonyl (C=O) groups is 1. The summed E-state index contributed by atoms with van der Waals surface area (Å²) in [4.78, 5) is 10.3. The van der Waals surface area contributed by atoms with Crippen LogP contribution in [0.15, 0.2) is 0 Å². The van der Waals surface area contributed by atoms with Crippen molar-refractivity contribution in [3.8, 4) is 59.2 Å². The first-order valence-corrected chi connectivity index (χ1v) is 4.30. The molecule has 16 heavy (non-hydrogen) atoms. The number of esters is 1. The quantitative estimate of drug-likeness (QED) is 0.465. The van der Waals surface area contributed by atoms with Gasteiger partial charge in [-0.05, 0) is 60.2 Å². The lowest BCUT2D eigenvalue weighted by molar-refractivity contribution is -0.139. The third kappa shape index (κ3) is 11.3. The number of rotatable bonds is 1. The van der Waals surface area contributed by atoms with Crippen molar-refractivity contribution in [2.24, 2.45) is 0 Å². The molecule has 0 amide bonds. The first kappa shape index (κ1) is 13.3. The van der Waals surface area contributed by atoms with Gasteiger partial charge in [0.25, 0.3) is 0 Å². The molecule has 0 aliphatic heterocycles. The van der Waals surface area contributed by atoms with Crippen molar-refractivity contribution >= 4 is 5.97 Å². The molecule has 0 saturated carbocycles. The van der Waals surface area contributed by atoms with Crippen LogP contribution in [0.2, 0.25) is 0 Å². The molecule has 0 rings (SSSR count). The molecule has 2 nitrogen and oxygen atoms in total. The molecule has 0 saturated heterocycles. The van der Waals surface area contributed by atoms with Gasteiger partial charge in [-0.1, -0.05) is 5.92 Å². The Bertz CT molecular complexity index is 541. The molecule has 0 radical (unpaired) electrons. The van der Waals surface area contributed by atoms with Gasteiger partial charge in [0.1, 0.15) is 0 Å². The topological polar surface area (TPSA) is 26.3 Å². The Balaban J connectivity index is 3.98. The summed E-state index contributed by atoms with van der Waals surface area (Å²) in [6, 6.07) is 0. The second-order valence-corrected chi connectivity index (χ2v) is 2.21. The van der Waals surface area contributed by atoms with E-state index < -0.39 is 0 Å². The van der Waals surface area contributed by atoms with Crippen molar-refractivity contribution in [1.82, 2.24) is 0 Å². The fourth-order valence-corrected chi connectivity index (χ4v) is 0.468. The Labute approximate surface area is 95.8 Å². The maximum Gasteiger partial charge on any atom is 0.303 e. The van der Waals surface area contributed by atoms with Crippen molar-refractivity contribution in [3.05, 3.63) is 0 Å². The van der Waals surface area contributed by atoms with E-state index >= 15 is 0 Å². The summed E-state index contributed by atoms with van der Waals surface area (Å²) in [5.74, 6) is 24.7. The molecule has 0 aromatic rings. The Morgan fingerprint density at radius 1 is 0.938 bits per heavy atom. The molecule has 0 aromatic heterocycles. The molecule has 0 heterocycles. The Kier molecular flexibility index (Phi) is 8.59. The normalized spacial score (nSPS) is 5.38. The van der Waals surface area contributed by atoms with Crippen molar-refractivity contribution in [3.63, 3.8) is 0 Å². The lowest BCUT2D eigenvalue weighted by Crippen LogP contribution is -1.97. The average molecular weight is 208 g/mol. The van der Waals surface area contributed by atoms with E-state index in [0.717, 1.165) is 0 Å². The van der Waals surface area contributed by atoms with Gasteiger partial charge in [-0.25, -0.2) is 0 Å². The minimum Gasteiger partial charge on any atom is -0.453 e. The number of hydrogen-bond acceptors (Lipinski definition) is 2. The van der Waals surface area contributed by atoms with Gasteiger partial charge in [0, 0.05) is 6.92 Å². The minimum atomic E-state index is -0.366. The summed E-state index contributed by atoms with van der Waals surface area (Å²) in [7, 11) is 0. The van der Waals surface area contributed by atoms with Gasteiger partial charge in [-0.15, -0.1) is 0 Å². The van der Waals surface area contributed by atoms with E-state index in [1.165, 1.54) is 6.92 Å². The molecule has 76 valence electrons. The highest BCUT2D eigenvalue weighted by atomic mass is 16.5. The van der Waals surface area contributed by atoms with Gasteiger partial charge in [0.2, 0.25) is 0 Å². The molecular weight excluding hydrogens is 200 g/mol. The van der Waals surface area contributed by atoms with Crippen LogP contribution in [0.25, 0.3) is 0 Å². The van der Waals surface area contributed by atoms with E-state index in [-0.39, 0.29) is 12.6 Å². The molecule has 0 atom stereocenters. The zero-order valence-electron chi connectivity index (χ0n) is 9.02. The van der Waals surface area contributed by atoms with Crippen LogP contribution >= 0.6 is 0 Å². The molecule has 0 aliphatic carbocycles. The SMILES string of the molecule is CC#CC#CC#CC#CC#CCOC(C)=O. The number of carbonyl (C=O) groups excluding carboxylic acids is 1. The summed E-state index contributed by atoms with van der Waals surface area (Å²) in [5, 5.41) is 0. The third-order valence-corrected chi connectivity index (χ3v) is 0.998. The lowest BCUT2D eigenvalue weighted by Gasteiger charge is -1.89. The van der Waals surface area contributed by atoms with Crippen LogP contribution in [0, 0.1) is 59.2 Å². The highest BCUT2D eigenvalue weighted by molar-refractivity contribution is 5.66. The Hall–Kier alpha value is -2.73. The monoisotopic (exact) mass is 208 g/mol. The second kappa shape index (κ2) is 10.4. The summed E-state index contributed by atoms with van der Waals surface area (Å²) in [5.41, 5.74) is 0. The first-order chi connectivity index (χ1) is 7.77. The van der Waals surface area contributed by atoms with Crippen molar-refractivity contribution < 1.29 is 9.53 Å². The fourth-order valence-electron chi connectivity index (χ4n) is 0.468. The molecule has 0 spiro atoms. The molecule has 2 heteroatoms. The van der Waals surface area contributed by atoms with Crippen LogP contribution < -0.4 is 0 Å². The Morgan fingerprint density at radius 2 is 1.44 bits per heavy atom. The lowest BCUT2D eigenvalue weighted by atomic mass is 10.5. The summed E-state index contributed by atoms with van der Waals surface area (Å²) in [6.07, 6.45) is 0. The maximum atomic E-state index is 10.3. The molecule has 0 fully saturated rings. The van der Waals surface area contributed by atoms with E-state index in [9.17, 15) is 4.79 Å². The predicted molar refractivity (Wildman–Crippen MR) is 61.2 cm³/mol. The number of ether oxygens (including phenoxy) is 1. The third-order valence-electron chi connectivity index (χ3n) is 0.998. The second-order valence-electron chi connectivity index (χ2n) is 2.21. The van der Waals surface area contributed by atoms with Crippen LogP contribution in [0.5, 0.6) is 0 Å². The van der Waals surface area contributed by atoms with E-state index in [2.05, 4.69) is 63.9 Å². The summed E-state index contributed by atoms with van der Waals surface area (Å²) in [6.45, 7) is 3.06. The molecule has 0 aromatic carbocycles. The van der Waals surface area contributed by atoms with Gasteiger partial charge in [-0.2, -0.15) is 0 Å². The average Bonchev–Trinajstić information content (AvgIpc) is 2.25. The minimum absolute atomic E-state index is 0.0450. The zero-order valence-corrected chi connectivity index (χ0v) is 9.02. The van der Waals surface area contributed by atoms with Crippen molar-refractivity contribution in [2.45, 2.75) is 13.8 Å². The van der Waals surface area contributed by atoms with Gasteiger partial charge >= 0.3 is 5.97 Å². The van der Waals surface area contributed by atoms with Gasteiger partial charge in [-0.3, -0.25) is 4.79 Å². The molecular formula is C14H8O2. The molecule has 0 bridgehead atoms. The smallest absolute Gasteiger partial charge is 0.303 e. The standard InChI is InChI=1S/C14H8O2/c1-3-4-5-6-7-8-9-10-11-12-13-16-14(2)15/h13H2,1-2H3. The molecule has 0 N–H and O–H groups in total. The van der Waals surface area contributed by atoms with Crippen LogP contribution in [0.4, 0.5) is 0 Å². The summed E-state index contributed by atoms with van der Waals surface area (Å²) >= 11 is 0. The van der Waals surface area contributed by atoms with Crippen molar-refractivity contribution in [2.75, 3.05) is 6.61 Å². The van der Waals surface area contributed by atoms with Gasteiger partial charge in [0.15, 0.2) is 6.61 Å². The van der Waals surface area contributed by atoms with E-state index in [1.54, 1.807) is 6.92 Å². The predicted octanol–water partition coefficient (Wildman–Crippen LogP) is 0.586.